The summed E-state index contributed by atoms with van der Waals surface area (Å²) < 4.78 is 6.71. The van der Waals surface area contributed by atoms with Gasteiger partial charge in [0.1, 0.15) is 17.3 Å². The van der Waals surface area contributed by atoms with Gasteiger partial charge in [-0.25, -0.2) is 0 Å². The van der Waals surface area contributed by atoms with Gasteiger partial charge in [0, 0.05) is 68.1 Å². The summed E-state index contributed by atoms with van der Waals surface area (Å²) in [7, 11) is 0. The molecule has 11 rings (SSSR count). The van der Waals surface area contributed by atoms with Crippen LogP contribution in [0.3, 0.4) is 0 Å². The largest absolute Gasteiger partial charge is 0.507 e. The summed E-state index contributed by atoms with van der Waals surface area (Å²) >= 11 is 0. The van der Waals surface area contributed by atoms with Crippen molar-refractivity contribution in [2.45, 2.75) is 31.7 Å². The van der Waals surface area contributed by atoms with E-state index in [9.17, 15) is 10.4 Å². The first-order valence-corrected chi connectivity index (χ1v) is 22.7. The number of anilines is 4. The summed E-state index contributed by atoms with van der Waals surface area (Å²) in [4.78, 5) is 4.41. The van der Waals surface area contributed by atoms with Crippen LogP contribution < -0.4 is 14.5 Å². The van der Waals surface area contributed by atoms with Crippen LogP contribution in [-0.4, -0.2) is 11.1 Å². The van der Waals surface area contributed by atoms with Gasteiger partial charge in [-0.2, -0.15) is 5.26 Å². The van der Waals surface area contributed by atoms with Crippen molar-refractivity contribution in [1.29, 1.82) is 5.26 Å². The van der Waals surface area contributed by atoms with Crippen molar-refractivity contribution in [3.05, 3.63) is 247 Å². The van der Waals surface area contributed by atoms with E-state index in [1.54, 1.807) is 0 Å². The van der Waals surface area contributed by atoms with E-state index in [1.165, 1.54) is 22.3 Å². The summed E-state index contributed by atoms with van der Waals surface area (Å²) in [6.45, 7) is 13.7. The van der Waals surface area contributed by atoms with Gasteiger partial charge in [0.2, 0.25) is 0 Å². The Bertz CT molecular complexity index is 3460. The molecule has 1 aliphatic heterocycles. The molecule has 0 fully saturated rings. The maximum Gasteiger partial charge on any atom is 0.136 e. The quantitative estimate of drug-likeness (QED) is 0.157. The smallest absolute Gasteiger partial charge is 0.136 e. The summed E-state index contributed by atoms with van der Waals surface area (Å²) in [5.74, 6) is 1.49. The third-order valence-corrected chi connectivity index (χ3v) is 13.6. The van der Waals surface area contributed by atoms with Crippen LogP contribution in [0.4, 0.5) is 22.7 Å². The van der Waals surface area contributed by atoms with Gasteiger partial charge in [-0.15, -0.1) is 0 Å². The second-order valence-electron chi connectivity index (χ2n) is 17.9. The predicted octanol–water partition coefficient (Wildman–Crippen LogP) is 15.7. The lowest BCUT2D eigenvalue weighted by Crippen LogP contribution is -2.33. The highest BCUT2D eigenvalue weighted by molar-refractivity contribution is 6.09. The Hall–Kier alpha value is -8.59. The third kappa shape index (κ3) is 7.02. The molecule has 0 spiro atoms. The fourth-order valence-electron chi connectivity index (χ4n) is 10.3. The van der Waals surface area contributed by atoms with Gasteiger partial charge in [0.15, 0.2) is 0 Å². The Morgan fingerprint density at radius 1 is 0.672 bits per heavy atom. The first-order valence-electron chi connectivity index (χ1n) is 22.7. The Morgan fingerprint density at radius 2 is 1.34 bits per heavy atom. The van der Waals surface area contributed by atoms with Crippen molar-refractivity contribution in [3.8, 4) is 50.9 Å². The second kappa shape index (κ2) is 16.4. The molecule has 3 aliphatic rings. The van der Waals surface area contributed by atoms with Crippen molar-refractivity contribution >= 4 is 39.1 Å². The van der Waals surface area contributed by atoms with Crippen LogP contribution in [0.15, 0.2) is 225 Å². The van der Waals surface area contributed by atoms with Crippen molar-refractivity contribution in [3.63, 3.8) is 0 Å². The van der Waals surface area contributed by atoms with Crippen molar-refractivity contribution in [1.82, 2.24) is 0 Å². The lowest BCUT2D eigenvalue weighted by Gasteiger charge is -2.33. The van der Waals surface area contributed by atoms with Crippen LogP contribution in [-0.2, 0) is 5.41 Å². The summed E-state index contributed by atoms with van der Waals surface area (Å²) in [6, 6.07) is 60.2. The monoisotopic (exact) mass is 865 g/mol. The molecule has 322 valence electrons. The zero-order chi connectivity index (χ0) is 45.8. The van der Waals surface area contributed by atoms with Crippen LogP contribution in [0, 0.1) is 11.3 Å². The molecule has 5 nitrogen and oxygen atoms in total. The highest BCUT2D eigenvalue weighted by atomic mass is 16.5. The zero-order valence-corrected chi connectivity index (χ0v) is 37.4. The summed E-state index contributed by atoms with van der Waals surface area (Å²) in [5.41, 5.74) is 14.9. The van der Waals surface area contributed by atoms with Gasteiger partial charge < -0.3 is 19.6 Å². The van der Waals surface area contributed by atoms with E-state index in [4.69, 9.17) is 4.74 Å². The lowest BCUT2D eigenvalue weighted by molar-refractivity contribution is 0.450. The zero-order valence-electron chi connectivity index (χ0n) is 37.4. The molecule has 67 heavy (non-hydrogen) atoms. The highest BCUT2D eigenvalue weighted by Crippen LogP contribution is 2.52. The lowest BCUT2D eigenvalue weighted by atomic mass is 9.82. The molecule has 0 aromatic heterocycles. The van der Waals surface area contributed by atoms with Crippen molar-refractivity contribution in [2.75, 3.05) is 9.80 Å². The Morgan fingerprint density at radius 3 is 2.10 bits per heavy atom. The van der Waals surface area contributed by atoms with E-state index in [1.807, 2.05) is 97.1 Å². The van der Waals surface area contributed by atoms with Crippen LogP contribution in [0.5, 0.6) is 11.5 Å². The number of rotatable bonds is 9. The van der Waals surface area contributed by atoms with E-state index >= 15 is 0 Å². The molecular weight excluding hydrogens is 819 g/mol. The molecular formula is C62H47N3O2. The minimum absolute atomic E-state index is 0.104. The van der Waals surface area contributed by atoms with Gasteiger partial charge in [-0.1, -0.05) is 148 Å². The fourth-order valence-corrected chi connectivity index (χ4v) is 10.3. The van der Waals surface area contributed by atoms with E-state index < -0.39 is 0 Å². The molecule has 0 bridgehead atoms. The minimum Gasteiger partial charge on any atom is -0.507 e. The maximum atomic E-state index is 12.2. The van der Waals surface area contributed by atoms with Gasteiger partial charge in [0.05, 0.1) is 17.7 Å². The molecule has 0 saturated heterocycles. The summed E-state index contributed by atoms with van der Waals surface area (Å²) in [6.07, 6.45) is 11.4. The van der Waals surface area contributed by atoms with E-state index in [0.29, 0.717) is 22.6 Å². The molecule has 5 heteroatoms. The number of phenols is 1. The van der Waals surface area contributed by atoms with Crippen LogP contribution in [0.2, 0.25) is 0 Å². The molecule has 8 aromatic carbocycles. The topological polar surface area (TPSA) is 59.7 Å². The average molecular weight is 866 g/mol. The molecule has 1 N–H and O–H groups in total. The number of benzene rings is 8. The highest BCUT2D eigenvalue weighted by Gasteiger charge is 2.36. The Balaban J connectivity index is 0.984. The van der Waals surface area contributed by atoms with E-state index in [-0.39, 0.29) is 17.2 Å². The molecule has 2 aliphatic carbocycles. The van der Waals surface area contributed by atoms with Crippen LogP contribution >= 0.6 is 0 Å². The van der Waals surface area contributed by atoms with Gasteiger partial charge >= 0.3 is 0 Å². The number of nitriles is 1. The predicted molar refractivity (Wildman–Crippen MR) is 276 cm³/mol. The number of hydrogen-bond acceptors (Lipinski definition) is 5. The SMILES string of the molecule is C=C1C(=CC(=C)N(c2ccccc2)C2C=CC=CC2)Oc2ccc(-c3ccc(N(c4ccc(C#N)c(-c5ccccc5)c4)c4ccc5c(c4)C(C)(C)c4ccccc4-5)cc3O)c3cccc1c23. The van der Waals surface area contributed by atoms with E-state index in [0.717, 1.165) is 73.5 Å². The number of allylic oxidation sites excluding steroid dienone is 4. The first-order chi connectivity index (χ1) is 32.7. The summed E-state index contributed by atoms with van der Waals surface area (Å²) in [5, 5.41) is 24.3. The number of fused-ring (bicyclic) bond motifs is 3. The van der Waals surface area contributed by atoms with Crippen LogP contribution in [0.25, 0.3) is 49.7 Å². The van der Waals surface area contributed by atoms with Crippen LogP contribution in [0.1, 0.15) is 42.5 Å². The number of aromatic hydroxyl groups is 1. The van der Waals surface area contributed by atoms with Crippen molar-refractivity contribution < 1.29 is 9.84 Å². The molecule has 0 saturated carbocycles. The molecule has 0 amide bonds. The molecule has 0 radical (unpaired) electrons. The molecule has 1 heterocycles. The van der Waals surface area contributed by atoms with Gasteiger partial charge in [-0.05, 0) is 117 Å². The molecule has 8 aromatic rings. The maximum absolute atomic E-state index is 12.2. The van der Waals surface area contributed by atoms with Crippen molar-refractivity contribution in [2.24, 2.45) is 0 Å². The Labute approximate surface area is 392 Å². The normalized spacial score (nSPS) is 15.7. The average Bonchev–Trinajstić information content (AvgIpc) is 3.59. The standard InChI is InChI=1S/C62H47N3O2/c1-40(64(44-19-10-6-11-20-44)45-21-12-7-13-22-45)35-60-41(2)49-24-16-25-54-50(33-34-59(67-60)61(49)54)53-32-30-48(38-58(53)66)65(46-28-27-43(39-63)55(36-46)42-17-8-5-9-18-42)47-29-31-52-51-23-14-15-26-56(51)62(3,4)57(52)37-47/h5-21,23-38,45,66H,1-2,22H2,3-4H3. The number of ether oxygens (including phenoxy) is 1. The Kier molecular flexibility index (Phi) is 10.1. The molecule has 1 atom stereocenters. The minimum atomic E-state index is -0.222. The van der Waals surface area contributed by atoms with E-state index in [2.05, 4.69) is 146 Å². The number of hydrogen-bond donors (Lipinski definition) is 1. The second-order valence-corrected chi connectivity index (χ2v) is 17.9. The third-order valence-electron chi connectivity index (χ3n) is 13.6. The number of phenolic OH excluding ortho intramolecular Hbond substituents is 1. The van der Waals surface area contributed by atoms with Gasteiger partial charge in [-0.3, -0.25) is 0 Å². The number of nitrogens with zero attached hydrogens (tertiary/aromatic N) is 3. The first kappa shape index (κ1) is 41.1. The molecule has 1 unspecified atom stereocenters. The van der Waals surface area contributed by atoms with Gasteiger partial charge in [0.25, 0.3) is 0 Å². The number of para-hydroxylation sites is 1. The fraction of sp³-hybridized carbons (Fsp3) is 0.0806.